The molecule has 4 heteroatoms. The van der Waals surface area contributed by atoms with Gasteiger partial charge in [-0.3, -0.25) is 4.79 Å². The monoisotopic (exact) mass is 206 g/mol. The van der Waals surface area contributed by atoms with Crippen molar-refractivity contribution in [2.75, 3.05) is 0 Å². The second-order valence-electron chi connectivity index (χ2n) is 2.36. The molecule has 0 spiro atoms. The van der Waals surface area contributed by atoms with Gasteiger partial charge in [0.25, 0.3) is 5.24 Å². The highest BCUT2D eigenvalue weighted by Crippen LogP contribution is 2.20. The fourth-order valence-corrected chi connectivity index (χ4v) is 1.22. The molecule has 1 aromatic carbocycles. The van der Waals surface area contributed by atoms with Crippen LogP contribution in [0.1, 0.15) is 15.9 Å². The zero-order chi connectivity index (χ0) is 9.30. The second kappa shape index (κ2) is 3.42. The van der Waals surface area contributed by atoms with E-state index in [9.17, 15) is 9.18 Å². The van der Waals surface area contributed by atoms with Crippen LogP contribution in [0.4, 0.5) is 4.39 Å². The summed E-state index contributed by atoms with van der Waals surface area (Å²) in [4.78, 5) is 10.6. The Morgan fingerprint density at radius 2 is 2.08 bits per heavy atom. The van der Waals surface area contributed by atoms with E-state index in [1.165, 1.54) is 19.1 Å². The summed E-state index contributed by atoms with van der Waals surface area (Å²) in [5.74, 6) is -0.515. The lowest BCUT2D eigenvalue weighted by atomic mass is 10.1. The Morgan fingerprint density at radius 1 is 1.50 bits per heavy atom. The maximum absolute atomic E-state index is 12.9. The molecule has 0 aliphatic carbocycles. The summed E-state index contributed by atoms with van der Waals surface area (Å²) in [5, 5.41) is -0.723. The van der Waals surface area contributed by atoms with E-state index in [0.717, 1.165) is 0 Å². The van der Waals surface area contributed by atoms with Gasteiger partial charge in [-0.15, -0.1) is 0 Å². The standard InChI is InChI=1S/C8H5Cl2FO/c1-4-2-5(8(10)12)3-6(9)7(4)11/h2-3H,1H3. The minimum absolute atomic E-state index is 0.0843. The summed E-state index contributed by atoms with van der Waals surface area (Å²) in [7, 11) is 0. The van der Waals surface area contributed by atoms with E-state index >= 15 is 0 Å². The highest BCUT2D eigenvalue weighted by molar-refractivity contribution is 6.67. The van der Waals surface area contributed by atoms with Crippen molar-refractivity contribution >= 4 is 28.4 Å². The fraction of sp³-hybridized carbons (Fsp3) is 0.125. The largest absolute Gasteiger partial charge is 0.276 e. The maximum atomic E-state index is 12.9. The van der Waals surface area contributed by atoms with Crippen molar-refractivity contribution in [3.8, 4) is 0 Å². The van der Waals surface area contributed by atoms with Crippen LogP contribution >= 0.6 is 23.2 Å². The van der Waals surface area contributed by atoms with E-state index in [-0.39, 0.29) is 10.6 Å². The number of benzene rings is 1. The molecular formula is C8H5Cl2FO. The third-order valence-corrected chi connectivity index (χ3v) is 1.93. The minimum Gasteiger partial charge on any atom is -0.276 e. The van der Waals surface area contributed by atoms with Gasteiger partial charge < -0.3 is 0 Å². The molecule has 0 aliphatic rings. The van der Waals surface area contributed by atoms with Crippen LogP contribution in [-0.4, -0.2) is 5.24 Å². The molecule has 1 nitrogen and oxygen atoms in total. The van der Waals surface area contributed by atoms with Crippen molar-refractivity contribution in [3.05, 3.63) is 34.1 Å². The molecule has 12 heavy (non-hydrogen) atoms. The van der Waals surface area contributed by atoms with Gasteiger partial charge in [0.05, 0.1) is 5.02 Å². The van der Waals surface area contributed by atoms with Gasteiger partial charge in [-0.1, -0.05) is 11.6 Å². The first-order valence-electron chi connectivity index (χ1n) is 3.18. The van der Waals surface area contributed by atoms with E-state index < -0.39 is 11.1 Å². The molecule has 0 heterocycles. The van der Waals surface area contributed by atoms with Crippen molar-refractivity contribution in [1.82, 2.24) is 0 Å². The lowest BCUT2D eigenvalue weighted by Gasteiger charge is -2.00. The van der Waals surface area contributed by atoms with Gasteiger partial charge in [0.15, 0.2) is 0 Å². The number of carbonyl (C=O) groups excluding carboxylic acids is 1. The Morgan fingerprint density at radius 3 is 2.50 bits per heavy atom. The summed E-state index contributed by atoms with van der Waals surface area (Å²) in [6, 6.07) is 2.57. The molecule has 0 amide bonds. The molecule has 0 aliphatic heterocycles. The van der Waals surface area contributed by atoms with Crippen LogP contribution in [0.15, 0.2) is 12.1 Å². The SMILES string of the molecule is Cc1cc(C(=O)Cl)cc(Cl)c1F. The van der Waals surface area contributed by atoms with Crippen LogP contribution in [0.25, 0.3) is 0 Å². The maximum Gasteiger partial charge on any atom is 0.252 e. The molecule has 0 atom stereocenters. The van der Waals surface area contributed by atoms with Gasteiger partial charge in [-0.2, -0.15) is 0 Å². The number of hydrogen-bond donors (Lipinski definition) is 0. The first-order chi connectivity index (χ1) is 5.52. The Kier molecular flexibility index (Phi) is 2.70. The molecule has 64 valence electrons. The molecule has 1 aromatic rings. The summed E-state index contributed by atoms with van der Waals surface area (Å²) < 4.78 is 12.9. The molecule has 0 fully saturated rings. The van der Waals surface area contributed by atoms with Crippen LogP contribution in [0.2, 0.25) is 5.02 Å². The van der Waals surface area contributed by atoms with Crippen LogP contribution < -0.4 is 0 Å². The molecule has 0 unspecified atom stereocenters. The summed E-state index contributed by atoms with van der Waals surface area (Å²) in [6.45, 7) is 1.52. The van der Waals surface area contributed by atoms with Crippen molar-refractivity contribution in [3.63, 3.8) is 0 Å². The van der Waals surface area contributed by atoms with Gasteiger partial charge in [-0.25, -0.2) is 4.39 Å². The van der Waals surface area contributed by atoms with E-state index in [1.54, 1.807) is 0 Å². The third-order valence-electron chi connectivity index (χ3n) is 1.44. The summed E-state index contributed by atoms with van der Waals surface area (Å²) in [6.07, 6.45) is 0. The number of aryl methyl sites for hydroxylation is 1. The van der Waals surface area contributed by atoms with Crippen LogP contribution in [0, 0.1) is 12.7 Å². The van der Waals surface area contributed by atoms with Crippen molar-refractivity contribution in [2.45, 2.75) is 6.92 Å². The predicted octanol–water partition coefficient (Wildman–Crippen LogP) is 3.17. The first kappa shape index (κ1) is 9.49. The summed E-state index contributed by atoms with van der Waals surface area (Å²) >= 11 is 10.7. The number of hydrogen-bond acceptors (Lipinski definition) is 1. The lowest BCUT2D eigenvalue weighted by molar-refractivity contribution is 0.108. The van der Waals surface area contributed by atoms with Crippen molar-refractivity contribution < 1.29 is 9.18 Å². The molecule has 0 radical (unpaired) electrons. The quantitative estimate of drug-likeness (QED) is 0.646. The topological polar surface area (TPSA) is 17.1 Å². The zero-order valence-electron chi connectivity index (χ0n) is 6.20. The van der Waals surface area contributed by atoms with Gasteiger partial charge in [0, 0.05) is 5.56 Å². The number of halogens is 3. The van der Waals surface area contributed by atoms with Crippen LogP contribution in [0.5, 0.6) is 0 Å². The van der Waals surface area contributed by atoms with E-state index in [1.807, 2.05) is 0 Å². The smallest absolute Gasteiger partial charge is 0.252 e. The zero-order valence-corrected chi connectivity index (χ0v) is 7.71. The number of rotatable bonds is 1. The molecule has 0 aromatic heterocycles. The Bertz CT molecular complexity index is 313. The minimum atomic E-state index is -0.639. The van der Waals surface area contributed by atoms with Gasteiger partial charge in [0.2, 0.25) is 0 Å². The highest BCUT2D eigenvalue weighted by atomic mass is 35.5. The molecule has 0 saturated heterocycles. The number of carbonyl (C=O) groups is 1. The van der Waals surface area contributed by atoms with Crippen LogP contribution in [-0.2, 0) is 0 Å². The molecule has 0 bridgehead atoms. The highest BCUT2D eigenvalue weighted by Gasteiger charge is 2.09. The van der Waals surface area contributed by atoms with Crippen LogP contribution in [0.3, 0.4) is 0 Å². The average Bonchev–Trinajstić information content (AvgIpc) is 1.99. The Labute approximate surface area is 79.1 Å². The van der Waals surface area contributed by atoms with E-state index in [2.05, 4.69) is 0 Å². The Hall–Kier alpha value is -0.600. The van der Waals surface area contributed by atoms with Crippen molar-refractivity contribution in [1.29, 1.82) is 0 Å². The fourth-order valence-electron chi connectivity index (χ4n) is 0.840. The Balaban J connectivity index is 3.31. The third kappa shape index (κ3) is 1.76. The summed E-state index contributed by atoms with van der Waals surface area (Å²) in [5.41, 5.74) is 0.520. The van der Waals surface area contributed by atoms with Gasteiger partial charge in [0.1, 0.15) is 5.82 Å². The average molecular weight is 207 g/mol. The van der Waals surface area contributed by atoms with Gasteiger partial charge in [-0.05, 0) is 36.2 Å². The van der Waals surface area contributed by atoms with E-state index in [0.29, 0.717) is 5.56 Å². The normalized spacial score (nSPS) is 10.0. The second-order valence-corrected chi connectivity index (χ2v) is 3.11. The lowest BCUT2D eigenvalue weighted by Crippen LogP contribution is -1.93. The van der Waals surface area contributed by atoms with Gasteiger partial charge >= 0.3 is 0 Å². The first-order valence-corrected chi connectivity index (χ1v) is 3.93. The molecule has 0 N–H and O–H groups in total. The molecular weight excluding hydrogens is 202 g/mol. The molecule has 0 saturated carbocycles. The molecule has 1 rings (SSSR count). The predicted molar refractivity (Wildman–Crippen MR) is 46.3 cm³/mol. The van der Waals surface area contributed by atoms with E-state index in [4.69, 9.17) is 23.2 Å². The van der Waals surface area contributed by atoms with Crippen molar-refractivity contribution in [2.24, 2.45) is 0 Å².